The monoisotopic (exact) mass is 185 g/mol. The van der Waals surface area contributed by atoms with E-state index in [1.807, 2.05) is 0 Å². The minimum atomic E-state index is -1.29. The van der Waals surface area contributed by atoms with Gasteiger partial charge in [-0.3, -0.25) is 0 Å². The predicted octanol–water partition coefficient (Wildman–Crippen LogP) is 2.10. The van der Waals surface area contributed by atoms with E-state index in [2.05, 4.69) is 4.74 Å². The summed E-state index contributed by atoms with van der Waals surface area (Å²) >= 11 is 0. The first-order chi connectivity index (χ1) is 5.80. The van der Waals surface area contributed by atoms with Crippen LogP contribution < -0.4 is 0 Å². The predicted molar refractivity (Wildman–Crippen MR) is 45.3 cm³/mol. The van der Waals surface area contributed by atoms with Gasteiger partial charge in [-0.25, -0.2) is 4.79 Å². The molecule has 13 heavy (non-hydrogen) atoms. The number of hydrogen-bond donors (Lipinski definition) is 0. The Hall–Kier alpha value is -1.37. The fraction of sp³-hybridized carbons (Fsp3) is 0.556. The van der Waals surface area contributed by atoms with Crippen LogP contribution in [0.2, 0.25) is 0 Å². The van der Waals surface area contributed by atoms with Crippen molar-refractivity contribution in [1.82, 2.24) is 0 Å². The van der Waals surface area contributed by atoms with E-state index >= 15 is 0 Å². The van der Waals surface area contributed by atoms with Crippen molar-refractivity contribution in [2.24, 2.45) is 0 Å². The minimum Gasteiger partial charge on any atom is -0.439 e. The van der Waals surface area contributed by atoms with Gasteiger partial charge in [-0.15, -0.1) is 0 Å². The van der Waals surface area contributed by atoms with Crippen LogP contribution in [0.25, 0.3) is 0 Å². The molecular weight excluding hydrogens is 173 g/mol. The number of carbonyl (C=O) groups excluding carboxylic acids is 1. The largest absolute Gasteiger partial charge is 0.439 e. The zero-order chi connectivity index (χ0) is 10.6. The molecule has 4 heteroatoms. The molecule has 0 aliphatic rings. The summed E-state index contributed by atoms with van der Waals surface area (Å²) in [7, 11) is 0. The number of esters is 1. The van der Waals surface area contributed by atoms with Crippen LogP contribution in [0.1, 0.15) is 27.7 Å². The number of allylic oxidation sites excluding steroid dienone is 1. The molecule has 0 spiro atoms. The summed E-state index contributed by atoms with van der Waals surface area (Å²) in [6.45, 7) is 5.69. The molecule has 0 heterocycles. The molecule has 0 aromatic heterocycles. The van der Waals surface area contributed by atoms with Gasteiger partial charge in [0.15, 0.2) is 5.60 Å². The molecule has 0 saturated heterocycles. The van der Waals surface area contributed by atoms with Gasteiger partial charge in [0.05, 0.1) is 0 Å². The van der Waals surface area contributed by atoms with E-state index < -0.39 is 17.4 Å². The third-order valence-corrected chi connectivity index (χ3v) is 1.24. The second-order valence-electron chi connectivity index (χ2n) is 3.33. The molecule has 0 fully saturated rings. The fourth-order valence-electron chi connectivity index (χ4n) is 0.503. The van der Waals surface area contributed by atoms with Crippen molar-refractivity contribution < 1.29 is 13.9 Å². The van der Waals surface area contributed by atoms with Crippen LogP contribution in [0.15, 0.2) is 11.4 Å². The van der Waals surface area contributed by atoms with Crippen LogP contribution >= 0.6 is 0 Å². The van der Waals surface area contributed by atoms with E-state index in [9.17, 15) is 9.18 Å². The van der Waals surface area contributed by atoms with E-state index in [0.29, 0.717) is 0 Å². The van der Waals surface area contributed by atoms with Gasteiger partial charge in [0.25, 0.3) is 0 Å². The topological polar surface area (TPSA) is 50.1 Å². The second kappa shape index (κ2) is 4.04. The lowest BCUT2D eigenvalue weighted by atomic mass is 10.2. The van der Waals surface area contributed by atoms with Crippen LogP contribution in [0.4, 0.5) is 4.39 Å². The number of nitriles is 1. The van der Waals surface area contributed by atoms with Crippen molar-refractivity contribution in [3.63, 3.8) is 0 Å². The van der Waals surface area contributed by atoms with Gasteiger partial charge in [-0.2, -0.15) is 9.65 Å². The molecule has 0 unspecified atom stereocenters. The molecule has 0 atom stereocenters. The van der Waals surface area contributed by atoms with Crippen LogP contribution in [0.5, 0.6) is 0 Å². The van der Waals surface area contributed by atoms with E-state index in [1.165, 1.54) is 27.7 Å². The molecular formula is C9H12FNO2. The smallest absolute Gasteiger partial charge is 0.368 e. The van der Waals surface area contributed by atoms with Crippen LogP contribution in [-0.4, -0.2) is 11.6 Å². The molecule has 0 bridgehead atoms. The molecule has 0 radical (unpaired) electrons. The first-order valence-electron chi connectivity index (χ1n) is 3.77. The van der Waals surface area contributed by atoms with E-state index in [0.717, 1.165) is 0 Å². The number of ether oxygens (including phenoxy) is 1. The second-order valence-corrected chi connectivity index (χ2v) is 3.33. The van der Waals surface area contributed by atoms with Gasteiger partial charge >= 0.3 is 5.97 Å². The highest BCUT2D eigenvalue weighted by Crippen LogP contribution is 2.13. The molecule has 0 aliphatic carbocycles. The average molecular weight is 185 g/mol. The van der Waals surface area contributed by atoms with E-state index in [1.54, 1.807) is 6.07 Å². The molecule has 0 saturated carbocycles. The Bertz CT molecular complexity index is 282. The maximum absolute atomic E-state index is 12.9. The van der Waals surface area contributed by atoms with E-state index in [4.69, 9.17) is 5.26 Å². The Morgan fingerprint density at radius 2 is 1.92 bits per heavy atom. The maximum atomic E-state index is 12.9. The third-order valence-electron chi connectivity index (χ3n) is 1.24. The highest BCUT2D eigenvalue weighted by molar-refractivity contribution is 5.87. The number of hydrogen-bond acceptors (Lipinski definition) is 3. The first-order valence-corrected chi connectivity index (χ1v) is 3.77. The minimum absolute atomic E-state index is 0.235. The standard InChI is InChI=1S/C9H12FNO2/c1-6(2)7(10)8(12)13-9(3,4)5-11/h1-4H3. The van der Waals surface area contributed by atoms with E-state index in [-0.39, 0.29) is 5.57 Å². The van der Waals surface area contributed by atoms with Crippen molar-refractivity contribution in [2.45, 2.75) is 33.3 Å². The summed E-state index contributed by atoms with van der Waals surface area (Å²) in [4.78, 5) is 11.0. The van der Waals surface area contributed by atoms with Crippen LogP contribution in [0.3, 0.4) is 0 Å². The summed E-state index contributed by atoms with van der Waals surface area (Å²) in [6.07, 6.45) is 0. The lowest BCUT2D eigenvalue weighted by Gasteiger charge is -2.15. The molecule has 0 amide bonds. The Morgan fingerprint density at radius 3 is 2.23 bits per heavy atom. The first kappa shape index (κ1) is 11.6. The lowest BCUT2D eigenvalue weighted by molar-refractivity contribution is -0.148. The van der Waals surface area contributed by atoms with Crippen molar-refractivity contribution >= 4 is 5.97 Å². The Morgan fingerprint density at radius 1 is 1.46 bits per heavy atom. The summed E-state index contributed by atoms with van der Waals surface area (Å²) in [5.74, 6) is -2.03. The van der Waals surface area contributed by atoms with Gasteiger partial charge < -0.3 is 4.74 Å². The number of carbonyl (C=O) groups is 1. The molecule has 0 aromatic rings. The zero-order valence-electron chi connectivity index (χ0n) is 8.14. The van der Waals surface area contributed by atoms with Gasteiger partial charge in [-0.1, -0.05) is 0 Å². The summed E-state index contributed by atoms with van der Waals surface area (Å²) in [5, 5.41) is 8.50. The molecule has 72 valence electrons. The molecule has 0 aliphatic heterocycles. The van der Waals surface area contributed by atoms with Crippen LogP contribution in [-0.2, 0) is 9.53 Å². The summed E-state index contributed by atoms with van der Waals surface area (Å²) < 4.78 is 17.5. The van der Waals surface area contributed by atoms with Gasteiger partial charge in [0, 0.05) is 0 Å². The number of rotatable bonds is 2. The van der Waals surface area contributed by atoms with Crippen molar-refractivity contribution in [2.75, 3.05) is 0 Å². The highest BCUT2D eigenvalue weighted by atomic mass is 19.1. The highest BCUT2D eigenvalue weighted by Gasteiger charge is 2.24. The SMILES string of the molecule is CC(C)=C(F)C(=O)OC(C)(C)C#N. The molecule has 0 rings (SSSR count). The zero-order valence-corrected chi connectivity index (χ0v) is 8.14. The Labute approximate surface area is 76.8 Å². The van der Waals surface area contributed by atoms with Gasteiger partial charge in [0.2, 0.25) is 5.83 Å². The molecule has 3 nitrogen and oxygen atoms in total. The number of halogens is 1. The van der Waals surface area contributed by atoms with Crippen molar-refractivity contribution in [1.29, 1.82) is 5.26 Å². The quantitative estimate of drug-likeness (QED) is 0.489. The maximum Gasteiger partial charge on any atom is 0.368 e. The summed E-state index contributed by atoms with van der Waals surface area (Å²) in [6, 6.07) is 1.73. The van der Waals surface area contributed by atoms with Crippen LogP contribution in [0, 0.1) is 11.3 Å². The van der Waals surface area contributed by atoms with Gasteiger partial charge in [-0.05, 0) is 33.3 Å². The summed E-state index contributed by atoms with van der Waals surface area (Å²) in [5.41, 5.74) is -1.05. The normalized spacial score (nSPS) is 10.2. The van der Waals surface area contributed by atoms with Crippen molar-refractivity contribution in [3.05, 3.63) is 11.4 Å². The fourth-order valence-corrected chi connectivity index (χ4v) is 0.503. The molecule has 0 aromatic carbocycles. The molecule has 0 N–H and O–H groups in total. The Balaban J connectivity index is 4.54. The lowest BCUT2D eigenvalue weighted by Crippen LogP contribution is -2.26. The Kier molecular flexibility index (Phi) is 3.61. The third kappa shape index (κ3) is 3.70. The van der Waals surface area contributed by atoms with Crippen molar-refractivity contribution in [3.8, 4) is 6.07 Å². The van der Waals surface area contributed by atoms with Gasteiger partial charge in [0.1, 0.15) is 6.07 Å². The average Bonchev–Trinajstić information content (AvgIpc) is 2.02. The number of nitrogens with zero attached hydrogens (tertiary/aromatic N) is 1.